The highest BCUT2D eigenvalue weighted by atomic mass is 16.5. The molecule has 3 fully saturated rings. The summed E-state index contributed by atoms with van der Waals surface area (Å²) < 4.78 is 6.23. The van der Waals surface area contributed by atoms with Crippen molar-refractivity contribution in [2.75, 3.05) is 13.1 Å². The monoisotopic (exact) mass is 327 g/mol. The quantitative estimate of drug-likeness (QED) is 0.874. The Balaban J connectivity index is 1.52. The number of ether oxygens (including phenoxy) is 1. The van der Waals surface area contributed by atoms with E-state index in [2.05, 4.69) is 11.0 Å². The Bertz CT molecular complexity index is 715. The molecule has 0 amide bonds. The summed E-state index contributed by atoms with van der Waals surface area (Å²) >= 11 is 0. The second kappa shape index (κ2) is 4.47. The van der Waals surface area contributed by atoms with Gasteiger partial charge in [-0.2, -0.15) is 0 Å². The maximum Gasteiger partial charge on any atom is 0.165 e. The number of rotatable bonds is 2. The van der Waals surface area contributed by atoms with E-state index in [0.29, 0.717) is 17.7 Å². The zero-order valence-corrected chi connectivity index (χ0v) is 13.9. The number of likely N-dealkylation sites (tertiary alicyclic amines) is 1. The lowest BCUT2D eigenvalue weighted by Crippen LogP contribution is -2.67. The van der Waals surface area contributed by atoms with Gasteiger partial charge in [0.15, 0.2) is 11.5 Å². The van der Waals surface area contributed by atoms with E-state index in [4.69, 9.17) is 4.74 Å². The van der Waals surface area contributed by atoms with Crippen LogP contribution in [0.25, 0.3) is 0 Å². The number of phenols is 1. The number of aliphatic hydroxyl groups is 1. The molecule has 24 heavy (non-hydrogen) atoms. The average Bonchev–Trinajstić information content (AvgIpc) is 3.32. The molecule has 0 unspecified atom stereocenters. The summed E-state index contributed by atoms with van der Waals surface area (Å²) in [6.07, 6.45) is 6.28. The van der Waals surface area contributed by atoms with E-state index in [-0.39, 0.29) is 17.3 Å². The summed E-state index contributed by atoms with van der Waals surface area (Å²) in [4.78, 5) is 2.75. The van der Waals surface area contributed by atoms with Gasteiger partial charge in [-0.1, -0.05) is 6.07 Å². The van der Waals surface area contributed by atoms with Gasteiger partial charge in [0.25, 0.3) is 0 Å². The van der Waals surface area contributed by atoms with Gasteiger partial charge < -0.3 is 14.9 Å². The zero-order valence-electron chi connectivity index (χ0n) is 13.9. The minimum Gasteiger partial charge on any atom is -0.504 e. The highest BCUT2D eigenvalue weighted by molar-refractivity contribution is 5.60. The number of hydrogen-bond acceptors (Lipinski definition) is 4. The summed E-state index contributed by atoms with van der Waals surface area (Å²) in [5, 5.41) is 21.0. The number of phenolic OH excluding ortho intramolecular Hbond substituents is 1. The van der Waals surface area contributed by atoms with E-state index in [1.807, 2.05) is 0 Å². The highest BCUT2D eigenvalue weighted by Gasteiger charge is 2.65. The van der Waals surface area contributed by atoms with E-state index in [0.717, 1.165) is 38.1 Å². The van der Waals surface area contributed by atoms with Crippen molar-refractivity contribution >= 4 is 0 Å². The van der Waals surface area contributed by atoms with Gasteiger partial charge in [-0.25, -0.2) is 0 Å². The molecule has 2 saturated carbocycles. The molecule has 4 heteroatoms. The molecule has 5 aliphatic rings. The van der Waals surface area contributed by atoms with Crippen molar-refractivity contribution in [2.45, 2.75) is 62.2 Å². The summed E-state index contributed by atoms with van der Waals surface area (Å²) in [7, 11) is 0. The Morgan fingerprint density at radius 1 is 1.21 bits per heavy atom. The minimum atomic E-state index is -0.408. The van der Waals surface area contributed by atoms with Crippen LogP contribution >= 0.6 is 0 Å². The number of aliphatic hydroxyl groups excluding tert-OH is 1. The van der Waals surface area contributed by atoms with E-state index >= 15 is 0 Å². The standard InChI is InChI=1S/C20H25NO3/c22-15-5-3-12-9-14-13-4-6-16(23)19-20(13,17(12)18(15)24-19)7-8-21(14)10-11-1-2-11/h3,5,11,13-14,16,19,22-23H,1-2,4,6-10H2/t13-,14+,16-,19-,20-/m0/s1. The van der Waals surface area contributed by atoms with Crippen LogP contribution in [-0.2, 0) is 11.8 Å². The maximum atomic E-state index is 10.7. The lowest BCUT2D eigenvalue weighted by atomic mass is 9.51. The fraction of sp³-hybridized carbons (Fsp3) is 0.700. The first-order valence-corrected chi connectivity index (χ1v) is 9.62. The molecular weight excluding hydrogens is 302 g/mol. The van der Waals surface area contributed by atoms with Crippen LogP contribution in [0.4, 0.5) is 0 Å². The van der Waals surface area contributed by atoms with E-state index < -0.39 is 6.10 Å². The lowest BCUT2D eigenvalue weighted by Gasteiger charge is -2.59. The molecule has 4 nitrogen and oxygen atoms in total. The van der Waals surface area contributed by atoms with Gasteiger partial charge in [0.1, 0.15) is 6.10 Å². The van der Waals surface area contributed by atoms with Crippen molar-refractivity contribution in [3.05, 3.63) is 23.3 Å². The number of aromatic hydroxyl groups is 1. The molecule has 2 heterocycles. The SMILES string of the molecule is Oc1ccc2c3c1O[C@H]1[C@@H](O)CC[C@H]4[C@@H](C2)N(CC2CC2)CC[C@@]341. The number of piperidine rings is 1. The molecule has 2 aliphatic heterocycles. The van der Waals surface area contributed by atoms with Gasteiger partial charge in [-0.3, -0.25) is 4.90 Å². The number of hydrogen-bond donors (Lipinski definition) is 2. The van der Waals surface area contributed by atoms with Gasteiger partial charge >= 0.3 is 0 Å². The van der Waals surface area contributed by atoms with Crippen LogP contribution in [0.5, 0.6) is 11.5 Å². The fourth-order valence-corrected chi connectivity index (χ4v) is 6.46. The maximum absolute atomic E-state index is 10.7. The Morgan fingerprint density at radius 2 is 2.08 bits per heavy atom. The van der Waals surface area contributed by atoms with Crippen LogP contribution < -0.4 is 4.74 Å². The van der Waals surface area contributed by atoms with Crippen LogP contribution in [0.1, 0.15) is 43.2 Å². The highest BCUT2D eigenvalue weighted by Crippen LogP contribution is 2.63. The first-order valence-electron chi connectivity index (χ1n) is 9.62. The largest absolute Gasteiger partial charge is 0.504 e. The van der Waals surface area contributed by atoms with Crippen molar-refractivity contribution in [1.82, 2.24) is 4.90 Å². The molecule has 1 saturated heterocycles. The van der Waals surface area contributed by atoms with Crippen LogP contribution in [0.2, 0.25) is 0 Å². The van der Waals surface area contributed by atoms with Crippen molar-refractivity contribution < 1.29 is 14.9 Å². The molecule has 2 bridgehead atoms. The molecule has 128 valence electrons. The molecule has 5 atom stereocenters. The third-order valence-electron chi connectivity index (χ3n) is 7.59. The zero-order chi connectivity index (χ0) is 16.1. The van der Waals surface area contributed by atoms with E-state index in [1.165, 1.54) is 30.5 Å². The van der Waals surface area contributed by atoms with Crippen molar-refractivity contribution in [3.63, 3.8) is 0 Å². The topological polar surface area (TPSA) is 52.9 Å². The van der Waals surface area contributed by atoms with Gasteiger partial charge in [-0.15, -0.1) is 0 Å². The minimum absolute atomic E-state index is 0.0654. The van der Waals surface area contributed by atoms with Crippen LogP contribution in [0.15, 0.2) is 12.1 Å². The van der Waals surface area contributed by atoms with Gasteiger partial charge in [0.05, 0.1) is 6.10 Å². The van der Waals surface area contributed by atoms with Crippen molar-refractivity contribution in [2.24, 2.45) is 11.8 Å². The third-order valence-corrected chi connectivity index (χ3v) is 7.59. The summed E-state index contributed by atoms with van der Waals surface area (Å²) in [5.41, 5.74) is 2.53. The molecule has 0 aromatic heterocycles. The fourth-order valence-electron chi connectivity index (χ4n) is 6.46. The molecule has 2 N–H and O–H groups in total. The van der Waals surface area contributed by atoms with Crippen LogP contribution in [-0.4, -0.2) is 46.5 Å². The third kappa shape index (κ3) is 1.57. The summed E-state index contributed by atoms with van der Waals surface area (Å²) in [6.45, 7) is 2.37. The predicted molar refractivity (Wildman–Crippen MR) is 89.3 cm³/mol. The molecule has 6 rings (SSSR count). The van der Waals surface area contributed by atoms with Gasteiger partial charge in [0.2, 0.25) is 0 Å². The average molecular weight is 327 g/mol. The summed E-state index contributed by atoms with van der Waals surface area (Å²) in [6, 6.07) is 4.48. The van der Waals surface area contributed by atoms with Crippen LogP contribution in [0, 0.1) is 11.8 Å². The van der Waals surface area contributed by atoms with Gasteiger partial charge in [-0.05, 0) is 68.5 Å². The molecule has 1 aromatic carbocycles. The van der Waals surface area contributed by atoms with Crippen molar-refractivity contribution in [3.8, 4) is 11.5 Å². The van der Waals surface area contributed by atoms with Crippen LogP contribution in [0.3, 0.4) is 0 Å². The smallest absolute Gasteiger partial charge is 0.165 e. The van der Waals surface area contributed by atoms with E-state index in [1.54, 1.807) is 6.07 Å². The second-order valence-corrected chi connectivity index (χ2v) is 8.74. The number of benzene rings is 1. The molecular formula is C20H25NO3. The molecule has 3 aliphatic carbocycles. The number of nitrogens with zero attached hydrogens (tertiary/aromatic N) is 1. The first-order chi connectivity index (χ1) is 11.7. The first kappa shape index (κ1) is 14.0. The molecule has 0 radical (unpaired) electrons. The Morgan fingerprint density at radius 3 is 2.92 bits per heavy atom. The molecule has 1 aromatic rings. The van der Waals surface area contributed by atoms with Crippen molar-refractivity contribution in [1.29, 1.82) is 0 Å². The molecule has 1 spiro atoms. The lowest BCUT2D eigenvalue weighted by molar-refractivity contribution is -0.105. The predicted octanol–water partition coefficient (Wildman–Crippen LogP) is 2.20. The second-order valence-electron chi connectivity index (χ2n) is 8.74. The normalized spacial score (nSPS) is 42.5. The Labute approximate surface area is 142 Å². The summed E-state index contributed by atoms with van der Waals surface area (Å²) in [5.74, 6) is 2.41. The van der Waals surface area contributed by atoms with E-state index in [9.17, 15) is 10.2 Å². The Kier molecular flexibility index (Phi) is 2.60. The Hall–Kier alpha value is -1.26. The van der Waals surface area contributed by atoms with Gasteiger partial charge in [0, 0.05) is 23.6 Å².